The van der Waals surface area contributed by atoms with Crippen molar-refractivity contribution >= 4 is 0 Å². The van der Waals surface area contributed by atoms with Crippen molar-refractivity contribution in [3.05, 3.63) is 48.0 Å². The van der Waals surface area contributed by atoms with Gasteiger partial charge in [0.2, 0.25) is 0 Å². The maximum Gasteiger partial charge on any atom is 0.0320 e. The third kappa shape index (κ3) is 5.20. The van der Waals surface area contributed by atoms with Crippen LogP contribution in [0.1, 0.15) is 64.1 Å². The number of nitrogens with one attached hydrogen (secondary N) is 1. The molecular formula is C18H29N. The molecule has 0 aliphatic heterocycles. The Morgan fingerprint density at radius 2 is 1.84 bits per heavy atom. The molecule has 0 aromatic heterocycles. The van der Waals surface area contributed by atoms with Crippen LogP contribution in [0.2, 0.25) is 0 Å². The Bertz CT molecular complexity index is 370. The van der Waals surface area contributed by atoms with Crippen molar-refractivity contribution in [1.29, 1.82) is 0 Å². The molecule has 0 aliphatic rings. The van der Waals surface area contributed by atoms with Crippen LogP contribution in [0.4, 0.5) is 0 Å². The molecule has 1 heteroatoms. The molecule has 0 bridgehead atoms. The Kier molecular flexibility index (Phi) is 6.30. The molecule has 0 aliphatic carbocycles. The molecule has 19 heavy (non-hydrogen) atoms. The van der Waals surface area contributed by atoms with Gasteiger partial charge in [0.25, 0.3) is 0 Å². The van der Waals surface area contributed by atoms with Crippen molar-refractivity contribution in [2.75, 3.05) is 6.54 Å². The molecule has 0 spiro atoms. The maximum atomic E-state index is 3.79. The number of allylic oxidation sites excluding steroid dienone is 1. The highest BCUT2D eigenvalue weighted by Crippen LogP contribution is 2.25. The van der Waals surface area contributed by atoms with E-state index in [4.69, 9.17) is 0 Å². The highest BCUT2D eigenvalue weighted by atomic mass is 14.9. The van der Waals surface area contributed by atoms with E-state index in [-0.39, 0.29) is 5.41 Å². The first kappa shape index (κ1) is 16.0. The monoisotopic (exact) mass is 259 g/mol. The fourth-order valence-corrected chi connectivity index (χ4v) is 2.31. The first-order chi connectivity index (χ1) is 8.99. The van der Waals surface area contributed by atoms with Crippen LogP contribution in [-0.2, 0) is 5.41 Å². The van der Waals surface area contributed by atoms with Crippen LogP contribution in [-0.4, -0.2) is 6.54 Å². The quantitative estimate of drug-likeness (QED) is 0.537. The molecule has 0 amide bonds. The highest BCUT2D eigenvalue weighted by molar-refractivity contribution is 5.29. The summed E-state index contributed by atoms with van der Waals surface area (Å²) in [5, 5.41) is 3.58. The van der Waals surface area contributed by atoms with E-state index in [0.29, 0.717) is 6.04 Å². The first-order valence-electron chi connectivity index (χ1n) is 7.43. The Morgan fingerprint density at radius 1 is 1.21 bits per heavy atom. The molecule has 106 valence electrons. The van der Waals surface area contributed by atoms with Gasteiger partial charge in [0, 0.05) is 6.04 Å². The van der Waals surface area contributed by atoms with Gasteiger partial charge in [-0.3, -0.25) is 0 Å². The lowest BCUT2D eigenvalue weighted by Crippen LogP contribution is -2.21. The molecule has 1 nitrogen and oxygen atoms in total. The van der Waals surface area contributed by atoms with Crippen molar-refractivity contribution in [3.8, 4) is 0 Å². The molecule has 1 aromatic carbocycles. The number of benzene rings is 1. The zero-order chi connectivity index (χ0) is 14.3. The molecule has 0 fully saturated rings. The Hall–Kier alpha value is -1.08. The largest absolute Gasteiger partial charge is 0.310 e. The van der Waals surface area contributed by atoms with Crippen molar-refractivity contribution < 1.29 is 0 Å². The topological polar surface area (TPSA) is 12.0 Å². The third-order valence-corrected chi connectivity index (χ3v) is 3.53. The normalized spacial score (nSPS) is 13.3. The molecule has 1 N–H and O–H groups in total. The van der Waals surface area contributed by atoms with Gasteiger partial charge in [0.1, 0.15) is 0 Å². The minimum atomic E-state index is 0.231. The van der Waals surface area contributed by atoms with Crippen LogP contribution in [0.25, 0.3) is 0 Å². The van der Waals surface area contributed by atoms with Gasteiger partial charge in [-0.15, -0.1) is 6.58 Å². The summed E-state index contributed by atoms with van der Waals surface area (Å²) in [7, 11) is 0. The molecular weight excluding hydrogens is 230 g/mol. The standard InChI is InChI=1S/C18H29N/c1-6-8-9-10-17(19-7-2)15-11-13-16(14-12-15)18(3,4)5/h6,11-14,17,19H,1,7-10H2,2-5H3. The fourth-order valence-electron chi connectivity index (χ4n) is 2.31. The van der Waals surface area contributed by atoms with Crippen LogP contribution < -0.4 is 5.32 Å². The summed E-state index contributed by atoms with van der Waals surface area (Å²) in [5.74, 6) is 0. The van der Waals surface area contributed by atoms with Gasteiger partial charge in [-0.25, -0.2) is 0 Å². The molecule has 1 rings (SSSR count). The van der Waals surface area contributed by atoms with E-state index in [1.165, 1.54) is 24.0 Å². The average Bonchev–Trinajstić information content (AvgIpc) is 2.37. The van der Waals surface area contributed by atoms with E-state index in [1.807, 2.05) is 6.08 Å². The summed E-state index contributed by atoms with van der Waals surface area (Å²) < 4.78 is 0. The smallest absolute Gasteiger partial charge is 0.0320 e. The number of hydrogen-bond acceptors (Lipinski definition) is 1. The van der Waals surface area contributed by atoms with Crippen molar-refractivity contribution in [2.45, 2.75) is 58.4 Å². The zero-order valence-electron chi connectivity index (χ0n) is 13.0. The van der Waals surface area contributed by atoms with Gasteiger partial charge < -0.3 is 5.32 Å². The Balaban J connectivity index is 2.76. The predicted molar refractivity (Wildman–Crippen MR) is 85.6 cm³/mol. The molecule has 0 saturated carbocycles. The summed E-state index contributed by atoms with van der Waals surface area (Å²) in [5.41, 5.74) is 3.03. The second kappa shape index (κ2) is 7.49. The maximum absolute atomic E-state index is 3.79. The highest BCUT2D eigenvalue weighted by Gasteiger charge is 2.15. The first-order valence-corrected chi connectivity index (χ1v) is 7.43. The second-order valence-electron chi connectivity index (χ2n) is 6.20. The number of unbranched alkanes of at least 4 members (excludes halogenated alkanes) is 1. The number of rotatable bonds is 7. The lowest BCUT2D eigenvalue weighted by atomic mass is 9.86. The summed E-state index contributed by atoms with van der Waals surface area (Å²) >= 11 is 0. The second-order valence-corrected chi connectivity index (χ2v) is 6.20. The third-order valence-electron chi connectivity index (χ3n) is 3.53. The number of hydrogen-bond donors (Lipinski definition) is 1. The van der Waals surface area contributed by atoms with E-state index in [1.54, 1.807) is 0 Å². The molecule has 0 radical (unpaired) electrons. The van der Waals surface area contributed by atoms with Gasteiger partial charge in [-0.2, -0.15) is 0 Å². The van der Waals surface area contributed by atoms with Crippen LogP contribution in [0.15, 0.2) is 36.9 Å². The predicted octanol–water partition coefficient (Wildman–Crippen LogP) is 4.99. The molecule has 0 heterocycles. The SMILES string of the molecule is C=CCCCC(NCC)c1ccc(C(C)(C)C)cc1. The van der Waals surface area contributed by atoms with E-state index < -0.39 is 0 Å². The Morgan fingerprint density at radius 3 is 2.32 bits per heavy atom. The van der Waals surface area contributed by atoms with Crippen LogP contribution in [0.3, 0.4) is 0 Å². The minimum absolute atomic E-state index is 0.231. The lowest BCUT2D eigenvalue weighted by Gasteiger charge is -2.22. The van der Waals surface area contributed by atoms with E-state index in [9.17, 15) is 0 Å². The summed E-state index contributed by atoms with van der Waals surface area (Å²) in [6.07, 6.45) is 5.48. The molecule has 1 unspecified atom stereocenters. The van der Waals surface area contributed by atoms with Gasteiger partial charge in [0.15, 0.2) is 0 Å². The van der Waals surface area contributed by atoms with Crippen LogP contribution >= 0.6 is 0 Å². The summed E-state index contributed by atoms with van der Waals surface area (Å²) in [6.45, 7) is 13.8. The summed E-state index contributed by atoms with van der Waals surface area (Å²) in [6, 6.07) is 9.57. The van der Waals surface area contributed by atoms with Crippen molar-refractivity contribution in [2.24, 2.45) is 0 Å². The van der Waals surface area contributed by atoms with Gasteiger partial charge in [-0.1, -0.05) is 58.0 Å². The summed E-state index contributed by atoms with van der Waals surface area (Å²) in [4.78, 5) is 0. The van der Waals surface area contributed by atoms with E-state index in [0.717, 1.165) is 13.0 Å². The molecule has 1 atom stereocenters. The van der Waals surface area contributed by atoms with Gasteiger partial charge >= 0.3 is 0 Å². The van der Waals surface area contributed by atoms with Gasteiger partial charge in [-0.05, 0) is 42.3 Å². The Labute approximate surface area is 119 Å². The van der Waals surface area contributed by atoms with Gasteiger partial charge in [0.05, 0.1) is 0 Å². The average molecular weight is 259 g/mol. The zero-order valence-corrected chi connectivity index (χ0v) is 13.0. The lowest BCUT2D eigenvalue weighted by molar-refractivity contribution is 0.499. The van der Waals surface area contributed by atoms with Crippen molar-refractivity contribution in [1.82, 2.24) is 5.32 Å². The minimum Gasteiger partial charge on any atom is -0.310 e. The fraction of sp³-hybridized carbons (Fsp3) is 0.556. The van der Waals surface area contributed by atoms with Crippen LogP contribution in [0.5, 0.6) is 0 Å². The van der Waals surface area contributed by atoms with Crippen molar-refractivity contribution in [3.63, 3.8) is 0 Å². The van der Waals surface area contributed by atoms with E-state index >= 15 is 0 Å². The van der Waals surface area contributed by atoms with Crippen LogP contribution in [0, 0.1) is 0 Å². The molecule has 1 aromatic rings. The van der Waals surface area contributed by atoms with E-state index in [2.05, 4.69) is 63.9 Å². The molecule has 0 saturated heterocycles.